The molecule has 7 heteroatoms. The highest BCUT2D eigenvalue weighted by atomic mass is 16.2. The fraction of sp³-hybridized carbons (Fsp3) is 0.0909. The van der Waals surface area contributed by atoms with E-state index in [-0.39, 0.29) is 11.6 Å². The maximum atomic E-state index is 12.6. The maximum Gasteiger partial charge on any atom is 0.274 e. The summed E-state index contributed by atoms with van der Waals surface area (Å²) in [5.74, 6) is -0.998. The van der Waals surface area contributed by atoms with Gasteiger partial charge in [-0.2, -0.15) is 0 Å². The molecule has 0 fully saturated rings. The third-order valence-corrected chi connectivity index (χ3v) is 3.97. The standard InChI is InChI=1S/C22H20N4O3/c1-14-5-3-6-17(11-14)26-22(29)20-12-16(9-10-23-20)21(28)25-19-8-4-7-18(13-19)24-15(2)27/h3-13H,1-2H3,(H,24,27)(H,25,28)(H,26,29). The van der Waals surface area contributed by atoms with Gasteiger partial charge in [0.25, 0.3) is 11.8 Å². The Morgan fingerprint density at radius 1 is 0.759 bits per heavy atom. The zero-order valence-corrected chi connectivity index (χ0v) is 16.0. The highest BCUT2D eigenvalue weighted by Gasteiger charge is 2.13. The lowest BCUT2D eigenvalue weighted by molar-refractivity contribution is -0.114. The lowest BCUT2D eigenvalue weighted by atomic mass is 10.2. The Balaban J connectivity index is 1.72. The van der Waals surface area contributed by atoms with Crippen molar-refractivity contribution < 1.29 is 14.4 Å². The van der Waals surface area contributed by atoms with E-state index in [1.54, 1.807) is 30.3 Å². The number of hydrogen-bond acceptors (Lipinski definition) is 4. The molecule has 0 saturated heterocycles. The number of nitrogens with one attached hydrogen (secondary N) is 3. The van der Waals surface area contributed by atoms with Crippen molar-refractivity contribution >= 4 is 34.8 Å². The first-order chi connectivity index (χ1) is 13.9. The molecule has 0 unspecified atom stereocenters. The number of rotatable bonds is 5. The summed E-state index contributed by atoms with van der Waals surface area (Å²) in [6.07, 6.45) is 1.41. The van der Waals surface area contributed by atoms with Gasteiger partial charge in [0.05, 0.1) is 0 Å². The predicted molar refractivity (Wildman–Crippen MR) is 112 cm³/mol. The second-order valence-corrected chi connectivity index (χ2v) is 6.47. The fourth-order valence-electron chi connectivity index (χ4n) is 2.70. The van der Waals surface area contributed by atoms with E-state index in [1.165, 1.54) is 25.3 Å². The van der Waals surface area contributed by atoms with E-state index in [0.29, 0.717) is 22.6 Å². The summed E-state index contributed by atoms with van der Waals surface area (Å²) in [6.45, 7) is 3.34. The Morgan fingerprint density at radius 3 is 2.07 bits per heavy atom. The van der Waals surface area contributed by atoms with Crippen LogP contribution in [0.5, 0.6) is 0 Å². The molecule has 3 N–H and O–H groups in total. The number of carbonyl (C=O) groups excluding carboxylic acids is 3. The third-order valence-electron chi connectivity index (χ3n) is 3.97. The molecule has 0 saturated carbocycles. The van der Waals surface area contributed by atoms with E-state index in [9.17, 15) is 14.4 Å². The first-order valence-electron chi connectivity index (χ1n) is 8.94. The number of hydrogen-bond donors (Lipinski definition) is 3. The van der Waals surface area contributed by atoms with Gasteiger partial charge in [-0.05, 0) is 55.0 Å². The summed E-state index contributed by atoms with van der Waals surface area (Å²) >= 11 is 0. The Bertz CT molecular complexity index is 1080. The predicted octanol–water partition coefficient (Wildman–Crippen LogP) is 3.85. The van der Waals surface area contributed by atoms with E-state index in [4.69, 9.17) is 0 Å². The minimum Gasteiger partial charge on any atom is -0.326 e. The van der Waals surface area contributed by atoms with Gasteiger partial charge in [0.15, 0.2) is 0 Å². The monoisotopic (exact) mass is 388 g/mol. The molecule has 3 aromatic rings. The van der Waals surface area contributed by atoms with Crippen LogP contribution in [0.4, 0.5) is 17.1 Å². The van der Waals surface area contributed by atoms with Crippen LogP contribution in [0.25, 0.3) is 0 Å². The number of aryl methyl sites for hydroxylation is 1. The summed E-state index contributed by atoms with van der Waals surface area (Å²) < 4.78 is 0. The highest BCUT2D eigenvalue weighted by Crippen LogP contribution is 2.17. The van der Waals surface area contributed by atoms with E-state index in [0.717, 1.165) is 5.56 Å². The molecule has 29 heavy (non-hydrogen) atoms. The summed E-state index contributed by atoms with van der Waals surface area (Å²) in [5.41, 5.74) is 3.18. The molecule has 1 heterocycles. The van der Waals surface area contributed by atoms with Crippen molar-refractivity contribution in [1.82, 2.24) is 4.98 Å². The molecule has 0 aliphatic carbocycles. The quantitative estimate of drug-likeness (QED) is 0.618. The number of nitrogens with zero attached hydrogens (tertiary/aromatic N) is 1. The lowest BCUT2D eigenvalue weighted by Gasteiger charge is -2.09. The number of aromatic nitrogens is 1. The van der Waals surface area contributed by atoms with Gasteiger partial charge in [0.2, 0.25) is 5.91 Å². The van der Waals surface area contributed by atoms with Gasteiger partial charge in [-0.25, -0.2) is 0 Å². The van der Waals surface area contributed by atoms with Crippen LogP contribution in [-0.2, 0) is 4.79 Å². The van der Waals surface area contributed by atoms with Crippen LogP contribution in [0.2, 0.25) is 0 Å². The highest BCUT2D eigenvalue weighted by molar-refractivity contribution is 6.08. The van der Waals surface area contributed by atoms with Crippen molar-refractivity contribution in [3.63, 3.8) is 0 Å². The number of anilines is 3. The largest absolute Gasteiger partial charge is 0.326 e. The first-order valence-corrected chi connectivity index (χ1v) is 8.94. The number of pyridine rings is 1. The Kier molecular flexibility index (Phi) is 5.99. The van der Waals surface area contributed by atoms with Crippen LogP contribution in [0.15, 0.2) is 66.9 Å². The van der Waals surface area contributed by atoms with Gasteiger partial charge in [-0.1, -0.05) is 18.2 Å². The molecule has 3 amide bonds. The summed E-state index contributed by atoms with van der Waals surface area (Å²) in [7, 11) is 0. The smallest absolute Gasteiger partial charge is 0.274 e. The maximum absolute atomic E-state index is 12.6. The van der Waals surface area contributed by atoms with Gasteiger partial charge in [-0.3, -0.25) is 19.4 Å². The van der Waals surface area contributed by atoms with Crippen molar-refractivity contribution in [3.05, 3.63) is 83.7 Å². The summed E-state index contributed by atoms with van der Waals surface area (Å²) in [6, 6.07) is 17.1. The molecule has 2 aromatic carbocycles. The molecular weight excluding hydrogens is 368 g/mol. The third kappa shape index (κ3) is 5.49. The van der Waals surface area contributed by atoms with Gasteiger partial charge in [0, 0.05) is 35.7 Å². The molecule has 0 atom stereocenters. The molecule has 1 aromatic heterocycles. The second kappa shape index (κ2) is 8.79. The van der Waals surface area contributed by atoms with E-state index < -0.39 is 11.8 Å². The van der Waals surface area contributed by atoms with Gasteiger partial charge < -0.3 is 16.0 Å². The normalized spacial score (nSPS) is 10.1. The first kappa shape index (κ1) is 19.8. The minimum atomic E-state index is -0.405. The van der Waals surface area contributed by atoms with Gasteiger partial charge >= 0.3 is 0 Å². The SMILES string of the molecule is CC(=O)Nc1cccc(NC(=O)c2ccnc(C(=O)Nc3cccc(C)c3)c2)c1. The average molecular weight is 388 g/mol. The lowest BCUT2D eigenvalue weighted by Crippen LogP contribution is -2.17. The van der Waals surface area contributed by atoms with Crippen LogP contribution in [-0.4, -0.2) is 22.7 Å². The van der Waals surface area contributed by atoms with Crippen LogP contribution >= 0.6 is 0 Å². The van der Waals surface area contributed by atoms with Gasteiger partial charge in [0.1, 0.15) is 5.69 Å². The Hall–Kier alpha value is -4.00. The molecule has 0 aliphatic rings. The van der Waals surface area contributed by atoms with Crippen molar-refractivity contribution in [2.45, 2.75) is 13.8 Å². The van der Waals surface area contributed by atoms with Crippen molar-refractivity contribution in [3.8, 4) is 0 Å². The van der Waals surface area contributed by atoms with Crippen LogP contribution in [0.1, 0.15) is 33.3 Å². The summed E-state index contributed by atoms with van der Waals surface area (Å²) in [5, 5.41) is 8.17. The van der Waals surface area contributed by atoms with E-state index in [1.807, 2.05) is 25.1 Å². The number of carbonyl (C=O) groups is 3. The van der Waals surface area contributed by atoms with Crippen LogP contribution < -0.4 is 16.0 Å². The average Bonchev–Trinajstić information content (AvgIpc) is 2.68. The molecule has 0 spiro atoms. The molecular formula is C22H20N4O3. The molecule has 3 rings (SSSR count). The van der Waals surface area contributed by atoms with E-state index in [2.05, 4.69) is 20.9 Å². The Morgan fingerprint density at radius 2 is 1.38 bits per heavy atom. The van der Waals surface area contributed by atoms with Crippen LogP contribution in [0.3, 0.4) is 0 Å². The molecule has 0 radical (unpaired) electrons. The van der Waals surface area contributed by atoms with Crippen LogP contribution in [0, 0.1) is 6.92 Å². The zero-order chi connectivity index (χ0) is 20.8. The van der Waals surface area contributed by atoms with Crippen molar-refractivity contribution in [2.75, 3.05) is 16.0 Å². The fourth-order valence-corrected chi connectivity index (χ4v) is 2.70. The minimum absolute atomic E-state index is 0.131. The summed E-state index contributed by atoms with van der Waals surface area (Å²) in [4.78, 5) is 40.3. The van der Waals surface area contributed by atoms with Crippen molar-refractivity contribution in [2.24, 2.45) is 0 Å². The topological polar surface area (TPSA) is 100 Å². The Labute approximate surface area is 168 Å². The number of benzene rings is 2. The van der Waals surface area contributed by atoms with Gasteiger partial charge in [-0.15, -0.1) is 0 Å². The molecule has 0 bridgehead atoms. The molecule has 146 valence electrons. The van der Waals surface area contributed by atoms with E-state index >= 15 is 0 Å². The molecule has 7 nitrogen and oxygen atoms in total. The second-order valence-electron chi connectivity index (χ2n) is 6.47. The zero-order valence-electron chi connectivity index (χ0n) is 16.0. The van der Waals surface area contributed by atoms with Crippen molar-refractivity contribution in [1.29, 1.82) is 0 Å². The molecule has 0 aliphatic heterocycles. The number of amides is 3.